The van der Waals surface area contributed by atoms with Gasteiger partial charge in [0.1, 0.15) is 5.75 Å². The predicted molar refractivity (Wildman–Crippen MR) is 86.1 cm³/mol. The van der Waals surface area contributed by atoms with Crippen molar-refractivity contribution in [3.8, 4) is 5.75 Å². The van der Waals surface area contributed by atoms with Crippen molar-refractivity contribution >= 4 is 11.8 Å². The highest BCUT2D eigenvalue weighted by Crippen LogP contribution is 2.07. The SMILES string of the molecule is COc1ccc(CNC(=O)CNC(=O)c2ccc(C)cc2)nc1. The maximum absolute atomic E-state index is 11.9. The van der Waals surface area contributed by atoms with E-state index in [0.29, 0.717) is 23.6 Å². The van der Waals surface area contributed by atoms with E-state index in [0.717, 1.165) is 5.56 Å². The first-order chi connectivity index (χ1) is 11.1. The number of benzene rings is 1. The molecule has 0 atom stereocenters. The van der Waals surface area contributed by atoms with Crippen molar-refractivity contribution in [3.63, 3.8) is 0 Å². The van der Waals surface area contributed by atoms with Gasteiger partial charge in [-0.25, -0.2) is 0 Å². The van der Waals surface area contributed by atoms with E-state index in [1.165, 1.54) is 0 Å². The number of carbonyl (C=O) groups excluding carboxylic acids is 2. The number of nitrogens with one attached hydrogen (secondary N) is 2. The Kier molecular flexibility index (Phi) is 5.68. The first kappa shape index (κ1) is 16.5. The maximum Gasteiger partial charge on any atom is 0.251 e. The van der Waals surface area contributed by atoms with Crippen molar-refractivity contribution in [1.82, 2.24) is 15.6 Å². The summed E-state index contributed by atoms with van der Waals surface area (Å²) in [5.41, 5.74) is 2.32. The van der Waals surface area contributed by atoms with Gasteiger partial charge in [0.15, 0.2) is 0 Å². The maximum atomic E-state index is 11.9. The molecular formula is C17H19N3O3. The first-order valence-electron chi connectivity index (χ1n) is 7.19. The van der Waals surface area contributed by atoms with Gasteiger partial charge in [0.2, 0.25) is 5.91 Å². The molecule has 2 N–H and O–H groups in total. The standard InChI is InChI=1S/C17H19N3O3/c1-12-3-5-13(6-4-12)17(22)20-11-16(21)19-9-14-7-8-15(23-2)10-18-14/h3-8,10H,9,11H2,1-2H3,(H,19,21)(H,20,22). The quantitative estimate of drug-likeness (QED) is 0.846. The van der Waals surface area contributed by atoms with Gasteiger partial charge in [0.05, 0.1) is 32.1 Å². The van der Waals surface area contributed by atoms with Crippen molar-refractivity contribution in [2.24, 2.45) is 0 Å². The van der Waals surface area contributed by atoms with Crippen LogP contribution in [0.2, 0.25) is 0 Å². The van der Waals surface area contributed by atoms with E-state index in [9.17, 15) is 9.59 Å². The molecule has 0 unspecified atom stereocenters. The third-order valence-electron chi connectivity index (χ3n) is 3.22. The Morgan fingerprint density at radius 3 is 2.43 bits per heavy atom. The molecule has 0 fully saturated rings. The minimum atomic E-state index is -0.275. The molecule has 6 nitrogen and oxygen atoms in total. The van der Waals surface area contributed by atoms with Crippen LogP contribution >= 0.6 is 0 Å². The van der Waals surface area contributed by atoms with Gasteiger partial charge in [0.25, 0.3) is 5.91 Å². The van der Waals surface area contributed by atoms with Crippen LogP contribution in [0.1, 0.15) is 21.6 Å². The molecule has 0 spiro atoms. The highest BCUT2D eigenvalue weighted by atomic mass is 16.5. The summed E-state index contributed by atoms with van der Waals surface area (Å²) in [6.07, 6.45) is 1.58. The first-order valence-corrected chi connectivity index (χ1v) is 7.19. The topological polar surface area (TPSA) is 80.3 Å². The number of aryl methyl sites for hydroxylation is 1. The van der Waals surface area contributed by atoms with Gasteiger partial charge in [-0.2, -0.15) is 0 Å². The second-order valence-electron chi connectivity index (χ2n) is 5.01. The van der Waals surface area contributed by atoms with Crippen molar-refractivity contribution in [2.45, 2.75) is 13.5 Å². The lowest BCUT2D eigenvalue weighted by molar-refractivity contribution is -0.120. The number of carbonyl (C=O) groups is 2. The monoisotopic (exact) mass is 313 g/mol. The molecule has 1 aromatic heterocycles. The third-order valence-corrected chi connectivity index (χ3v) is 3.22. The van der Waals surface area contributed by atoms with Crippen molar-refractivity contribution in [1.29, 1.82) is 0 Å². The summed E-state index contributed by atoms with van der Waals surface area (Å²) in [6.45, 7) is 2.16. The zero-order valence-electron chi connectivity index (χ0n) is 13.1. The molecule has 120 valence electrons. The van der Waals surface area contributed by atoms with E-state index in [1.54, 1.807) is 37.6 Å². The average Bonchev–Trinajstić information content (AvgIpc) is 2.59. The second kappa shape index (κ2) is 7.93. The number of hydrogen-bond acceptors (Lipinski definition) is 4. The minimum absolute atomic E-state index is 0.0805. The summed E-state index contributed by atoms with van der Waals surface area (Å²) in [5, 5.41) is 5.28. The predicted octanol–water partition coefficient (Wildman–Crippen LogP) is 1.44. The molecule has 0 aliphatic carbocycles. The molecule has 0 bridgehead atoms. The van der Waals surface area contributed by atoms with Gasteiger partial charge in [-0.05, 0) is 31.2 Å². The van der Waals surface area contributed by atoms with Crippen LogP contribution in [0.15, 0.2) is 42.6 Å². The lowest BCUT2D eigenvalue weighted by Gasteiger charge is -2.07. The Hall–Kier alpha value is -2.89. The molecule has 1 heterocycles. The van der Waals surface area contributed by atoms with Crippen LogP contribution in [-0.4, -0.2) is 30.5 Å². The van der Waals surface area contributed by atoms with Crippen LogP contribution in [0, 0.1) is 6.92 Å². The number of pyridine rings is 1. The summed E-state index contributed by atoms with van der Waals surface area (Å²) in [6, 6.07) is 10.7. The molecule has 1 aromatic carbocycles. The number of methoxy groups -OCH3 is 1. The van der Waals surface area contributed by atoms with Gasteiger partial charge < -0.3 is 15.4 Å². The van der Waals surface area contributed by atoms with Crippen LogP contribution < -0.4 is 15.4 Å². The molecule has 0 aliphatic heterocycles. The number of amides is 2. The van der Waals surface area contributed by atoms with Crippen LogP contribution in [-0.2, 0) is 11.3 Å². The average molecular weight is 313 g/mol. The van der Waals surface area contributed by atoms with Gasteiger partial charge >= 0.3 is 0 Å². The van der Waals surface area contributed by atoms with Crippen molar-refractivity contribution < 1.29 is 14.3 Å². The highest BCUT2D eigenvalue weighted by Gasteiger charge is 2.08. The number of rotatable bonds is 6. The van der Waals surface area contributed by atoms with Gasteiger partial charge in [0, 0.05) is 5.56 Å². The van der Waals surface area contributed by atoms with Crippen LogP contribution in [0.4, 0.5) is 0 Å². The van der Waals surface area contributed by atoms with E-state index in [4.69, 9.17) is 4.74 Å². The Bertz CT molecular complexity index is 666. The Balaban J connectivity index is 1.76. The zero-order chi connectivity index (χ0) is 16.7. The van der Waals surface area contributed by atoms with Crippen molar-refractivity contribution in [3.05, 3.63) is 59.4 Å². The molecule has 0 saturated carbocycles. The van der Waals surface area contributed by atoms with E-state index in [1.807, 2.05) is 19.1 Å². The largest absolute Gasteiger partial charge is 0.495 e. The van der Waals surface area contributed by atoms with E-state index >= 15 is 0 Å². The molecular weight excluding hydrogens is 294 g/mol. The molecule has 0 saturated heterocycles. The lowest BCUT2D eigenvalue weighted by atomic mass is 10.1. The second-order valence-corrected chi connectivity index (χ2v) is 5.01. The number of aromatic nitrogens is 1. The fraction of sp³-hybridized carbons (Fsp3) is 0.235. The Morgan fingerprint density at radius 2 is 1.83 bits per heavy atom. The number of nitrogens with zero attached hydrogens (tertiary/aromatic N) is 1. The van der Waals surface area contributed by atoms with Gasteiger partial charge in [-0.15, -0.1) is 0 Å². The fourth-order valence-electron chi connectivity index (χ4n) is 1.86. The van der Waals surface area contributed by atoms with E-state index in [-0.39, 0.29) is 18.4 Å². The number of hydrogen-bond donors (Lipinski definition) is 2. The third kappa shape index (κ3) is 5.10. The summed E-state index contributed by atoms with van der Waals surface area (Å²) < 4.78 is 5.01. The van der Waals surface area contributed by atoms with Gasteiger partial charge in [-0.3, -0.25) is 14.6 Å². The van der Waals surface area contributed by atoms with E-state index in [2.05, 4.69) is 15.6 Å². The van der Waals surface area contributed by atoms with Gasteiger partial charge in [-0.1, -0.05) is 17.7 Å². The Morgan fingerprint density at radius 1 is 1.09 bits per heavy atom. The summed E-state index contributed by atoms with van der Waals surface area (Å²) >= 11 is 0. The van der Waals surface area contributed by atoms with Crippen molar-refractivity contribution in [2.75, 3.05) is 13.7 Å². The fourth-order valence-corrected chi connectivity index (χ4v) is 1.86. The van der Waals surface area contributed by atoms with E-state index < -0.39 is 0 Å². The zero-order valence-corrected chi connectivity index (χ0v) is 13.1. The van der Waals surface area contributed by atoms with Crippen LogP contribution in [0.5, 0.6) is 5.75 Å². The Labute approximate surface area is 134 Å². The molecule has 2 rings (SSSR count). The summed E-state index contributed by atoms with van der Waals surface area (Å²) in [4.78, 5) is 27.8. The molecule has 0 radical (unpaired) electrons. The summed E-state index contributed by atoms with van der Waals surface area (Å²) in [7, 11) is 1.56. The molecule has 2 amide bonds. The molecule has 23 heavy (non-hydrogen) atoms. The molecule has 0 aliphatic rings. The van der Waals surface area contributed by atoms with Crippen LogP contribution in [0.25, 0.3) is 0 Å². The smallest absolute Gasteiger partial charge is 0.251 e. The highest BCUT2D eigenvalue weighted by molar-refractivity contribution is 5.96. The minimum Gasteiger partial charge on any atom is -0.495 e. The lowest BCUT2D eigenvalue weighted by Crippen LogP contribution is -2.36. The molecule has 2 aromatic rings. The normalized spacial score (nSPS) is 10.0. The summed E-state index contributed by atoms with van der Waals surface area (Å²) in [5.74, 6) is 0.108. The van der Waals surface area contributed by atoms with Crippen LogP contribution in [0.3, 0.4) is 0 Å². The number of ether oxygens (including phenoxy) is 1. The molecule has 6 heteroatoms.